The average molecular weight is 383 g/mol. The minimum atomic E-state index is -2.93. The fraction of sp³-hybridized carbons (Fsp3) is 0.571. The van der Waals surface area contributed by atoms with Gasteiger partial charge < -0.3 is 15.3 Å². The Hall–Kier alpha value is -2.21. The van der Waals surface area contributed by atoms with E-state index in [2.05, 4.69) is 5.32 Å². The first-order valence-electron chi connectivity index (χ1n) is 12.7. The number of hydrogen-bond acceptors (Lipinski definition) is 4. The van der Waals surface area contributed by atoms with Gasteiger partial charge in [0.05, 0.1) is 8.22 Å². The predicted molar refractivity (Wildman–Crippen MR) is 103 cm³/mol. The quantitative estimate of drug-likeness (QED) is 0.786. The van der Waals surface area contributed by atoms with Crippen LogP contribution in [0.25, 0.3) is 0 Å². The second-order valence-electron chi connectivity index (χ2n) is 6.95. The van der Waals surface area contributed by atoms with Gasteiger partial charge in [-0.15, -0.1) is 0 Å². The van der Waals surface area contributed by atoms with Crippen LogP contribution < -0.4 is 5.32 Å². The lowest BCUT2D eigenvalue weighted by atomic mass is 9.94. The topological polar surface area (TPSA) is 86.7 Å². The van der Waals surface area contributed by atoms with Crippen molar-refractivity contribution in [1.82, 2.24) is 10.2 Å². The van der Waals surface area contributed by atoms with Gasteiger partial charge in [-0.2, -0.15) is 0 Å². The predicted octanol–water partition coefficient (Wildman–Crippen LogP) is 1.86. The fourth-order valence-electron chi connectivity index (χ4n) is 2.53. The third-order valence-electron chi connectivity index (χ3n) is 4.43. The van der Waals surface area contributed by atoms with Gasteiger partial charge in [0.25, 0.3) is 0 Å². The number of carbonyl (C=O) groups is 3. The number of nitrogens with one attached hydrogen (secondary N) is 1. The molecule has 0 fully saturated rings. The Kier molecular flexibility index (Phi) is 3.94. The van der Waals surface area contributed by atoms with Crippen molar-refractivity contribution in [3.63, 3.8) is 0 Å². The van der Waals surface area contributed by atoms with E-state index < -0.39 is 95.7 Å². The summed E-state index contributed by atoms with van der Waals surface area (Å²) in [6.07, 6.45) is -4.63. The van der Waals surface area contributed by atoms with Crippen molar-refractivity contribution in [2.24, 2.45) is 11.8 Å². The highest BCUT2D eigenvalue weighted by Crippen LogP contribution is 2.27. The summed E-state index contributed by atoms with van der Waals surface area (Å²) in [6, 6.07) is -8.80. The molecule has 1 aromatic rings. The molecule has 0 aromatic heterocycles. The van der Waals surface area contributed by atoms with Gasteiger partial charge in [0.15, 0.2) is 5.78 Å². The first kappa shape index (κ1) is 12.3. The van der Waals surface area contributed by atoms with Crippen LogP contribution in [-0.2, 0) is 20.8 Å². The molecule has 0 saturated carbocycles. The number of carbonyl (C=O) groups excluding carboxylic acids is 3. The number of nitrogens with zero attached hydrogens (tertiary/aromatic N) is 1. The second kappa shape index (κ2) is 8.65. The third kappa shape index (κ3) is 4.75. The summed E-state index contributed by atoms with van der Waals surface area (Å²) in [5, 5.41) is 12.1. The van der Waals surface area contributed by atoms with Crippen molar-refractivity contribution < 1.29 is 30.5 Å². The average Bonchev–Trinajstić information content (AvgIpc) is 2.79. The van der Waals surface area contributed by atoms with Crippen LogP contribution in [0.3, 0.4) is 0 Å². The molecule has 1 aliphatic rings. The van der Waals surface area contributed by atoms with Crippen molar-refractivity contribution >= 4 is 17.6 Å². The molecule has 0 bridgehead atoms. The molecule has 1 aliphatic heterocycles. The van der Waals surface area contributed by atoms with Crippen LogP contribution in [0.4, 0.5) is 0 Å². The van der Waals surface area contributed by atoms with Crippen LogP contribution in [0, 0.1) is 11.8 Å². The number of amides is 2. The first-order chi connectivity index (χ1) is 15.7. The molecule has 2 N–H and O–H groups in total. The number of Topliss-reactive ketones (excluding diaryl/α,β-unsaturated/α-hetero) is 1. The van der Waals surface area contributed by atoms with Gasteiger partial charge in [0.2, 0.25) is 11.8 Å². The zero-order chi connectivity index (χ0) is 27.4. The van der Waals surface area contributed by atoms with E-state index in [4.69, 9.17) is 11.0 Å². The van der Waals surface area contributed by atoms with E-state index in [0.717, 1.165) is 14.0 Å². The highest BCUT2D eigenvalue weighted by atomic mass is 16.3. The maximum atomic E-state index is 13.4. The van der Waals surface area contributed by atoms with Gasteiger partial charge in [0, 0.05) is 28.1 Å². The lowest BCUT2D eigenvalue weighted by Gasteiger charge is -2.26. The molecule has 1 unspecified atom stereocenters. The van der Waals surface area contributed by atoms with Crippen LogP contribution in [0.15, 0.2) is 24.2 Å². The standard InChI is InChI=1S/C21H30N2O4/c1-12(2)19(25)17(24)10-13(3)20(26)22-18-16-9-7-6-8-15(16)11-14(4)23(5)21(18)27/h6-9,12-14,18-19,25H,10-11H2,1-5H3,(H,22,26)/t13-,14?,18+,19+/m1/s1/i6D,7D,8D,9D,11D2,14D,18D. The molecule has 0 radical (unpaired) electrons. The number of benzene rings is 1. The molecule has 6 nitrogen and oxygen atoms in total. The Labute approximate surface area is 172 Å². The Morgan fingerprint density at radius 2 is 2.04 bits per heavy atom. The van der Waals surface area contributed by atoms with Crippen molar-refractivity contribution in [2.75, 3.05) is 7.05 Å². The largest absolute Gasteiger partial charge is 0.385 e. The highest BCUT2D eigenvalue weighted by molar-refractivity contribution is 5.93. The summed E-state index contributed by atoms with van der Waals surface area (Å²) in [4.78, 5) is 39.3. The maximum Gasteiger partial charge on any atom is 0.249 e. The van der Waals surface area contributed by atoms with Gasteiger partial charge in [-0.25, -0.2) is 0 Å². The normalized spacial score (nSPS) is 33.6. The molecule has 6 heteroatoms. The monoisotopic (exact) mass is 382 g/mol. The highest BCUT2D eigenvalue weighted by Gasteiger charge is 2.34. The van der Waals surface area contributed by atoms with Crippen LogP contribution in [0.1, 0.15) is 62.2 Å². The number of aliphatic hydroxyl groups is 1. The summed E-state index contributed by atoms with van der Waals surface area (Å²) < 4.78 is 67.2. The third-order valence-corrected chi connectivity index (χ3v) is 4.43. The summed E-state index contributed by atoms with van der Waals surface area (Å²) in [6.45, 7) is 5.58. The fourth-order valence-corrected chi connectivity index (χ4v) is 2.53. The molecular weight excluding hydrogens is 344 g/mol. The van der Waals surface area contributed by atoms with E-state index in [0.29, 0.717) is 4.90 Å². The number of ketones is 1. The number of hydrogen-bond donors (Lipinski definition) is 2. The van der Waals surface area contributed by atoms with Gasteiger partial charge in [0.1, 0.15) is 12.1 Å². The minimum absolute atomic E-state index is 0.405. The molecule has 27 heavy (non-hydrogen) atoms. The van der Waals surface area contributed by atoms with Gasteiger partial charge in [-0.3, -0.25) is 14.4 Å². The van der Waals surface area contributed by atoms with Crippen molar-refractivity contribution in [3.05, 3.63) is 35.3 Å². The minimum Gasteiger partial charge on any atom is -0.385 e. The first-order valence-corrected chi connectivity index (χ1v) is 8.67. The molecule has 1 heterocycles. The maximum absolute atomic E-state index is 13.4. The van der Waals surface area contributed by atoms with E-state index in [1.165, 1.54) is 6.92 Å². The number of rotatable bonds is 6. The van der Waals surface area contributed by atoms with Crippen LogP contribution in [0.5, 0.6) is 0 Å². The lowest BCUT2D eigenvalue weighted by Crippen LogP contribution is -2.44. The van der Waals surface area contributed by atoms with Gasteiger partial charge in [-0.1, -0.05) is 44.9 Å². The van der Waals surface area contributed by atoms with E-state index in [1.807, 2.05) is 0 Å². The molecular formula is C21H30N2O4. The molecule has 1 aromatic carbocycles. The second-order valence-corrected chi connectivity index (χ2v) is 6.95. The van der Waals surface area contributed by atoms with E-state index >= 15 is 0 Å². The Balaban J connectivity index is 2.73. The Bertz CT molecular complexity index is 1080. The molecule has 0 spiro atoms. The van der Waals surface area contributed by atoms with Crippen molar-refractivity contribution in [3.8, 4) is 0 Å². The van der Waals surface area contributed by atoms with E-state index in [1.54, 1.807) is 13.8 Å². The van der Waals surface area contributed by atoms with E-state index in [-0.39, 0.29) is 0 Å². The van der Waals surface area contributed by atoms with Crippen LogP contribution >= 0.6 is 0 Å². The summed E-state index contributed by atoms with van der Waals surface area (Å²) in [7, 11) is 1.04. The number of fused-ring (bicyclic) bond motifs is 1. The number of aliphatic hydroxyl groups excluding tert-OH is 1. The summed E-state index contributed by atoms with van der Waals surface area (Å²) in [5.74, 6) is -4.48. The van der Waals surface area contributed by atoms with E-state index in [9.17, 15) is 19.5 Å². The Morgan fingerprint density at radius 1 is 1.41 bits per heavy atom. The van der Waals surface area contributed by atoms with Gasteiger partial charge in [-0.05, 0) is 30.3 Å². The molecule has 4 atom stereocenters. The SMILES string of the molecule is [2H]c1c([2H])c([2H])c2c(c1[2H])C([2H])([2H])C([2H])(C)N(C)C(=O)[C@@]2([2H])NC(=O)[C@H](C)CC(=O)[C@@H](O)C(C)C. The molecule has 2 amide bonds. The van der Waals surface area contributed by atoms with Crippen LogP contribution in [0.2, 0.25) is 0 Å². The molecule has 0 aliphatic carbocycles. The van der Waals surface area contributed by atoms with Crippen LogP contribution in [-0.4, -0.2) is 46.8 Å². The van der Waals surface area contributed by atoms with Gasteiger partial charge >= 0.3 is 0 Å². The van der Waals surface area contributed by atoms with Crippen molar-refractivity contribution in [1.29, 1.82) is 0 Å². The summed E-state index contributed by atoms with van der Waals surface area (Å²) in [5.41, 5.74) is -1.59. The molecule has 2 rings (SSSR count). The smallest absolute Gasteiger partial charge is 0.249 e. The molecule has 0 saturated heterocycles. The summed E-state index contributed by atoms with van der Waals surface area (Å²) >= 11 is 0. The lowest BCUT2D eigenvalue weighted by molar-refractivity contribution is -0.138. The zero-order valence-electron chi connectivity index (χ0n) is 24.1. The number of likely N-dealkylation sites (N-methyl/N-ethyl adjacent to an activating group) is 1. The van der Waals surface area contributed by atoms with Crippen molar-refractivity contribution in [2.45, 2.75) is 58.6 Å². The zero-order valence-corrected chi connectivity index (χ0v) is 16.1. The Morgan fingerprint density at radius 3 is 2.67 bits per heavy atom. The molecule has 148 valence electrons.